The summed E-state index contributed by atoms with van der Waals surface area (Å²) in [4.78, 5) is 0. The summed E-state index contributed by atoms with van der Waals surface area (Å²) in [6.45, 7) is 4.38. The number of thioether (sulfide) groups is 1. The zero-order valence-corrected chi connectivity index (χ0v) is 11.2. The highest BCUT2D eigenvalue weighted by atomic mass is 32.2. The molecular weight excluding hydrogens is 218 g/mol. The second-order valence-electron chi connectivity index (χ2n) is 4.58. The largest absolute Gasteiger partial charge is 0.307 e. The lowest BCUT2D eigenvalue weighted by Gasteiger charge is -2.26. The zero-order valence-electron chi connectivity index (χ0n) is 10.4. The van der Waals surface area contributed by atoms with Crippen LogP contribution in [0.2, 0.25) is 0 Å². The molecule has 1 atom stereocenters. The van der Waals surface area contributed by atoms with Gasteiger partial charge in [0, 0.05) is 30.4 Å². The fraction of sp³-hybridized carbons (Fsp3) is 0.750. The van der Waals surface area contributed by atoms with Gasteiger partial charge in [-0.15, -0.1) is 0 Å². The molecule has 1 aliphatic rings. The van der Waals surface area contributed by atoms with Crippen LogP contribution in [0.25, 0.3) is 0 Å². The van der Waals surface area contributed by atoms with E-state index in [2.05, 4.69) is 36.0 Å². The van der Waals surface area contributed by atoms with Gasteiger partial charge in [-0.3, -0.25) is 4.68 Å². The Hall–Kier alpha value is -0.480. The highest BCUT2D eigenvalue weighted by Crippen LogP contribution is 2.22. The maximum atomic E-state index is 4.30. The second kappa shape index (κ2) is 5.23. The minimum Gasteiger partial charge on any atom is -0.307 e. The summed E-state index contributed by atoms with van der Waals surface area (Å²) in [5, 5.41) is 8.03. The van der Waals surface area contributed by atoms with Crippen molar-refractivity contribution >= 4 is 11.8 Å². The maximum absolute atomic E-state index is 4.30. The van der Waals surface area contributed by atoms with Crippen LogP contribution in [0.15, 0.2) is 6.20 Å². The van der Waals surface area contributed by atoms with E-state index in [0.717, 1.165) is 0 Å². The third kappa shape index (κ3) is 2.61. The van der Waals surface area contributed by atoms with E-state index in [1.165, 1.54) is 35.6 Å². The van der Waals surface area contributed by atoms with E-state index in [0.29, 0.717) is 12.1 Å². The summed E-state index contributed by atoms with van der Waals surface area (Å²) in [5.74, 6) is 2.60. The summed E-state index contributed by atoms with van der Waals surface area (Å²) in [5.41, 5.74) is 2.60. The monoisotopic (exact) mass is 239 g/mol. The summed E-state index contributed by atoms with van der Waals surface area (Å²) < 4.78 is 1.95. The van der Waals surface area contributed by atoms with Crippen LogP contribution in [-0.2, 0) is 7.05 Å². The topological polar surface area (TPSA) is 29.9 Å². The van der Waals surface area contributed by atoms with E-state index in [9.17, 15) is 0 Å². The molecule has 16 heavy (non-hydrogen) atoms. The van der Waals surface area contributed by atoms with Gasteiger partial charge in [0.15, 0.2) is 0 Å². The minimum absolute atomic E-state index is 0.418. The van der Waals surface area contributed by atoms with Crippen molar-refractivity contribution in [2.75, 3.05) is 11.5 Å². The normalized spacial score (nSPS) is 19.9. The first-order valence-electron chi connectivity index (χ1n) is 6.00. The molecule has 0 bridgehead atoms. The number of aromatic nitrogens is 2. The average molecular weight is 239 g/mol. The number of hydrogen-bond acceptors (Lipinski definition) is 3. The zero-order chi connectivity index (χ0) is 11.5. The Bertz CT molecular complexity index is 342. The Balaban J connectivity index is 1.96. The molecule has 0 aromatic carbocycles. The minimum atomic E-state index is 0.418. The highest BCUT2D eigenvalue weighted by molar-refractivity contribution is 7.99. The lowest BCUT2D eigenvalue weighted by atomic mass is 10.1. The molecule has 90 valence electrons. The maximum Gasteiger partial charge on any atom is 0.0540 e. The van der Waals surface area contributed by atoms with E-state index in [1.54, 1.807) is 0 Å². The Morgan fingerprint density at radius 1 is 1.50 bits per heavy atom. The van der Waals surface area contributed by atoms with Gasteiger partial charge < -0.3 is 5.32 Å². The van der Waals surface area contributed by atoms with Gasteiger partial charge in [0.05, 0.1) is 6.20 Å². The lowest BCUT2D eigenvalue weighted by Crippen LogP contribution is -2.34. The van der Waals surface area contributed by atoms with Gasteiger partial charge in [0.1, 0.15) is 0 Å². The van der Waals surface area contributed by atoms with E-state index in [4.69, 9.17) is 0 Å². The average Bonchev–Trinajstić information content (AvgIpc) is 2.61. The molecule has 4 heteroatoms. The lowest BCUT2D eigenvalue weighted by molar-refractivity contribution is 0.430. The summed E-state index contributed by atoms with van der Waals surface area (Å²) in [6, 6.07) is 1.11. The van der Waals surface area contributed by atoms with Crippen molar-refractivity contribution in [3.63, 3.8) is 0 Å². The molecule has 1 fully saturated rings. The van der Waals surface area contributed by atoms with Crippen LogP contribution in [0.3, 0.4) is 0 Å². The second-order valence-corrected chi connectivity index (χ2v) is 5.81. The van der Waals surface area contributed by atoms with Crippen LogP contribution in [0.1, 0.15) is 37.1 Å². The van der Waals surface area contributed by atoms with Crippen LogP contribution in [0.5, 0.6) is 0 Å². The predicted molar refractivity (Wildman–Crippen MR) is 69.8 cm³/mol. The van der Waals surface area contributed by atoms with E-state index in [1.807, 2.05) is 17.9 Å². The molecule has 0 radical (unpaired) electrons. The molecule has 1 aromatic heterocycles. The molecule has 0 saturated carbocycles. The van der Waals surface area contributed by atoms with Crippen molar-refractivity contribution in [2.24, 2.45) is 7.05 Å². The van der Waals surface area contributed by atoms with Crippen LogP contribution in [-0.4, -0.2) is 27.3 Å². The molecule has 2 rings (SSSR count). The van der Waals surface area contributed by atoms with Crippen molar-refractivity contribution in [3.8, 4) is 0 Å². The third-order valence-corrected chi connectivity index (χ3v) is 4.50. The Morgan fingerprint density at radius 2 is 2.19 bits per heavy atom. The summed E-state index contributed by atoms with van der Waals surface area (Å²) >= 11 is 2.07. The van der Waals surface area contributed by atoms with Gasteiger partial charge >= 0.3 is 0 Å². The molecular formula is C12H21N3S. The van der Waals surface area contributed by atoms with Gasteiger partial charge in [-0.1, -0.05) is 0 Å². The predicted octanol–water partition coefficient (Wildman–Crippen LogP) is 2.27. The molecule has 0 spiro atoms. The first kappa shape index (κ1) is 12.0. The van der Waals surface area contributed by atoms with Crippen LogP contribution < -0.4 is 5.32 Å². The third-order valence-electron chi connectivity index (χ3n) is 3.45. The Labute approximate surface area is 102 Å². The van der Waals surface area contributed by atoms with Crippen LogP contribution >= 0.6 is 11.8 Å². The van der Waals surface area contributed by atoms with Gasteiger partial charge in [-0.2, -0.15) is 16.9 Å². The van der Waals surface area contributed by atoms with E-state index in [-0.39, 0.29) is 0 Å². The SMILES string of the molecule is Cc1c(C(C)NC2CCSCC2)cnn1C. The van der Waals surface area contributed by atoms with Gasteiger partial charge in [0.2, 0.25) is 0 Å². The van der Waals surface area contributed by atoms with Crippen molar-refractivity contribution in [1.29, 1.82) is 0 Å². The smallest absolute Gasteiger partial charge is 0.0540 e. The standard InChI is InChI=1S/C12H21N3S/c1-9(12-8-13-15(3)10(12)2)14-11-4-6-16-7-5-11/h8-9,11,14H,4-7H2,1-3H3. The number of rotatable bonds is 3. The molecule has 1 aromatic rings. The van der Waals surface area contributed by atoms with Crippen molar-refractivity contribution < 1.29 is 0 Å². The number of aryl methyl sites for hydroxylation is 1. The van der Waals surface area contributed by atoms with Crippen molar-refractivity contribution in [2.45, 2.75) is 38.8 Å². The van der Waals surface area contributed by atoms with Crippen molar-refractivity contribution in [3.05, 3.63) is 17.5 Å². The Morgan fingerprint density at radius 3 is 2.75 bits per heavy atom. The molecule has 0 aliphatic carbocycles. The summed E-state index contributed by atoms with van der Waals surface area (Å²) in [7, 11) is 2.00. The number of hydrogen-bond donors (Lipinski definition) is 1. The fourth-order valence-corrected chi connectivity index (χ4v) is 3.35. The van der Waals surface area contributed by atoms with E-state index < -0.39 is 0 Å². The highest BCUT2D eigenvalue weighted by Gasteiger charge is 2.18. The van der Waals surface area contributed by atoms with Crippen LogP contribution in [0, 0.1) is 6.92 Å². The molecule has 1 aliphatic heterocycles. The molecule has 2 heterocycles. The van der Waals surface area contributed by atoms with Gasteiger partial charge in [0.25, 0.3) is 0 Å². The van der Waals surface area contributed by atoms with Crippen LogP contribution in [0.4, 0.5) is 0 Å². The number of nitrogens with zero attached hydrogens (tertiary/aromatic N) is 2. The number of nitrogens with one attached hydrogen (secondary N) is 1. The Kier molecular flexibility index (Phi) is 3.92. The first-order valence-corrected chi connectivity index (χ1v) is 7.16. The van der Waals surface area contributed by atoms with Crippen molar-refractivity contribution in [1.82, 2.24) is 15.1 Å². The fourth-order valence-electron chi connectivity index (χ4n) is 2.25. The molecule has 0 amide bonds. The van der Waals surface area contributed by atoms with Gasteiger partial charge in [-0.25, -0.2) is 0 Å². The van der Waals surface area contributed by atoms with E-state index >= 15 is 0 Å². The first-order chi connectivity index (χ1) is 7.68. The van der Waals surface area contributed by atoms with Gasteiger partial charge in [-0.05, 0) is 38.2 Å². The molecule has 3 nitrogen and oxygen atoms in total. The summed E-state index contributed by atoms with van der Waals surface area (Å²) in [6.07, 6.45) is 4.59. The quantitative estimate of drug-likeness (QED) is 0.877. The molecule has 1 N–H and O–H groups in total. The molecule has 1 saturated heterocycles. The molecule has 1 unspecified atom stereocenters.